The van der Waals surface area contributed by atoms with Crippen molar-refractivity contribution in [2.24, 2.45) is 0 Å². The number of nitrogens with one attached hydrogen (secondary N) is 1. The van der Waals surface area contributed by atoms with Crippen LogP contribution in [0.15, 0.2) is 73.2 Å². The average Bonchev–Trinajstić information content (AvgIpc) is 3.30. The standard InChI is InChI=1S/C23H16N4O2.2C2H4O2/c1-2-4-16-11-20-19(10-15(16)3-1)28-13-21(29-20)23-26-18-9-17(12-25-22(18)27-23)14-5-7-24-8-6-14;2*1-2(3)4/h1-12,21H,13H2,(H,25,26,27);2*1H3,(H,3,4). The van der Waals surface area contributed by atoms with E-state index in [0.717, 1.165) is 52.8 Å². The van der Waals surface area contributed by atoms with Gasteiger partial charge in [-0.05, 0) is 46.7 Å². The van der Waals surface area contributed by atoms with Crippen LogP contribution in [0.4, 0.5) is 0 Å². The lowest BCUT2D eigenvalue weighted by molar-refractivity contribution is -0.135. The molecule has 1 atom stereocenters. The van der Waals surface area contributed by atoms with Gasteiger partial charge < -0.3 is 24.7 Å². The molecule has 0 bridgehead atoms. The van der Waals surface area contributed by atoms with Gasteiger partial charge in [-0.1, -0.05) is 24.3 Å². The Morgan fingerprint density at radius 1 is 0.919 bits per heavy atom. The molecule has 37 heavy (non-hydrogen) atoms. The van der Waals surface area contributed by atoms with Crippen LogP contribution in [-0.4, -0.2) is 48.7 Å². The number of aromatic amines is 1. The molecule has 0 saturated heterocycles. The summed E-state index contributed by atoms with van der Waals surface area (Å²) in [6.45, 7) is 2.56. The number of carbonyl (C=O) groups is 2. The number of aliphatic carboxylic acids is 2. The third kappa shape index (κ3) is 6.37. The summed E-state index contributed by atoms with van der Waals surface area (Å²) in [6.07, 6.45) is 5.04. The number of H-pyrrole nitrogens is 1. The highest BCUT2D eigenvalue weighted by atomic mass is 16.6. The zero-order chi connectivity index (χ0) is 26.4. The Balaban J connectivity index is 0.000000355. The van der Waals surface area contributed by atoms with Crippen molar-refractivity contribution in [3.63, 3.8) is 0 Å². The van der Waals surface area contributed by atoms with Crippen molar-refractivity contribution in [3.8, 4) is 22.6 Å². The first-order valence-electron chi connectivity index (χ1n) is 11.3. The van der Waals surface area contributed by atoms with Gasteiger partial charge in [-0.25, -0.2) is 9.97 Å². The second-order valence-corrected chi connectivity index (χ2v) is 8.05. The Labute approximate surface area is 211 Å². The molecule has 188 valence electrons. The van der Waals surface area contributed by atoms with Gasteiger partial charge in [0.05, 0.1) is 5.52 Å². The summed E-state index contributed by atoms with van der Waals surface area (Å²) in [5.41, 5.74) is 3.59. The number of imidazole rings is 1. The Morgan fingerprint density at radius 3 is 2.19 bits per heavy atom. The second-order valence-electron chi connectivity index (χ2n) is 8.05. The van der Waals surface area contributed by atoms with Gasteiger partial charge in [-0.2, -0.15) is 0 Å². The summed E-state index contributed by atoms with van der Waals surface area (Å²) in [4.78, 5) is 34.5. The lowest BCUT2D eigenvalue weighted by Gasteiger charge is -2.25. The highest BCUT2D eigenvalue weighted by Crippen LogP contribution is 2.39. The molecular formula is C27H24N4O6. The fourth-order valence-electron chi connectivity index (χ4n) is 3.66. The number of aromatic nitrogens is 4. The van der Waals surface area contributed by atoms with Crippen molar-refractivity contribution in [2.45, 2.75) is 20.0 Å². The largest absolute Gasteiger partial charge is 0.485 e. The number of hydrogen-bond donors (Lipinski definition) is 3. The SMILES string of the molecule is CC(=O)O.CC(=O)O.c1ccc2cc3c(cc2c1)OCC(c1nc2ncc(-c4ccncc4)cc2[nH]1)O3. The number of ether oxygens (including phenoxy) is 2. The fraction of sp³-hybridized carbons (Fsp3) is 0.148. The van der Waals surface area contributed by atoms with Crippen molar-refractivity contribution in [1.29, 1.82) is 0 Å². The van der Waals surface area contributed by atoms with Gasteiger partial charge in [0.25, 0.3) is 11.9 Å². The molecule has 0 saturated carbocycles. The molecule has 6 rings (SSSR count). The van der Waals surface area contributed by atoms with E-state index in [1.54, 1.807) is 12.4 Å². The molecule has 4 heterocycles. The molecule has 2 aromatic carbocycles. The first-order chi connectivity index (χ1) is 17.8. The molecular weight excluding hydrogens is 476 g/mol. The van der Waals surface area contributed by atoms with E-state index in [4.69, 9.17) is 29.3 Å². The van der Waals surface area contributed by atoms with Gasteiger partial charge in [-0.3, -0.25) is 14.6 Å². The van der Waals surface area contributed by atoms with E-state index in [1.165, 1.54) is 0 Å². The van der Waals surface area contributed by atoms with Crippen LogP contribution < -0.4 is 9.47 Å². The van der Waals surface area contributed by atoms with Crippen molar-refractivity contribution in [3.05, 3.63) is 79.0 Å². The van der Waals surface area contributed by atoms with Gasteiger partial charge in [-0.15, -0.1) is 0 Å². The van der Waals surface area contributed by atoms with E-state index in [2.05, 4.69) is 32.1 Å². The lowest BCUT2D eigenvalue weighted by atomic mass is 10.1. The van der Waals surface area contributed by atoms with Crippen LogP contribution in [0.3, 0.4) is 0 Å². The van der Waals surface area contributed by atoms with Gasteiger partial charge in [0, 0.05) is 38.0 Å². The summed E-state index contributed by atoms with van der Waals surface area (Å²) in [6, 6.07) is 18.1. The molecule has 0 radical (unpaired) electrons. The second kappa shape index (κ2) is 11.2. The number of nitrogens with zero attached hydrogens (tertiary/aromatic N) is 3. The lowest BCUT2D eigenvalue weighted by Crippen LogP contribution is -2.22. The molecule has 1 unspecified atom stereocenters. The number of carboxylic acids is 2. The predicted molar refractivity (Wildman–Crippen MR) is 137 cm³/mol. The van der Waals surface area contributed by atoms with Gasteiger partial charge >= 0.3 is 0 Å². The van der Waals surface area contributed by atoms with Gasteiger partial charge in [0.2, 0.25) is 0 Å². The van der Waals surface area contributed by atoms with E-state index < -0.39 is 11.9 Å². The third-order valence-corrected chi connectivity index (χ3v) is 5.15. The van der Waals surface area contributed by atoms with Crippen molar-refractivity contribution >= 4 is 33.9 Å². The maximum Gasteiger partial charge on any atom is 0.300 e. The average molecular weight is 501 g/mol. The molecule has 0 amide bonds. The number of fused-ring (bicyclic) bond motifs is 3. The summed E-state index contributed by atoms with van der Waals surface area (Å²) < 4.78 is 12.2. The molecule has 10 nitrogen and oxygen atoms in total. The van der Waals surface area contributed by atoms with Gasteiger partial charge in [0.15, 0.2) is 29.1 Å². The smallest absolute Gasteiger partial charge is 0.300 e. The molecule has 1 aliphatic rings. The van der Waals surface area contributed by atoms with Crippen LogP contribution in [0, 0.1) is 0 Å². The number of benzene rings is 2. The molecule has 0 fully saturated rings. The van der Waals surface area contributed by atoms with Crippen molar-refractivity contribution in [2.75, 3.05) is 6.61 Å². The summed E-state index contributed by atoms with van der Waals surface area (Å²) >= 11 is 0. The first kappa shape index (κ1) is 25.1. The molecule has 3 N–H and O–H groups in total. The van der Waals surface area contributed by atoms with Crippen LogP contribution in [0.5, 0.6) is 11.5 Å². The minimum atomic E-state index is -0.833. The van der Waals surface area contributed by atoms with Gasteiger partial charge in [0.1, 0.15) is 6.61 Å². The Bertz CT molecular complexity index is 1530. The molecule has 3 aromatic heterocycles. The normalized spacial score (nSPS) is 13.6. The Morgan fingerprint density at radius 2 is 1.54 bits per heavy atom. The van der Waals surface area contributed by atoms with E-state index in [0.29, 0.717) is 18.1 Å². The molecule has 1 aliphatic heterocycles. The monoisotopic (exact) mass is 500 g/mol. The van der Waals surface area contributed by atoms with Crippen LogP contribution >= 0.6 is 0 Å². The maximum absolute atomic E-state index is 9.00. The Hall–Kier alpha value is -4.99. The van der Waals surface area contributed by atoms with Crippen LogP contribution in [-0.2, 0) is 9.59 Å². The zero-order valence-corrected chi connectivity index (χ0v) is 20.1. The first-order valence-corrected chi connectivity index (χ1v) is 11.3. The predicted octanol–water partition coefficient (Wildman–Crippen LogP) is 4.87. The summed E-state index contributed by atoms with van der Waals surface area (Å²) in [7, 11) is 0. The van der Waals surface area contributed by atoms with Crippen molar-refractivity contribution < 1.29 is 29.3 Å². The Kier molecular flexibility index (Phi) is 7.58. The highest BCUT2D eigenvalue weighted by Gasteiger charge is 2.26. The zero-order valence-electron chi connectivity index (χ0n) is 20.1. The summed E-state index contributed by atoms with van der Waals surface area (Å²) in [5.74, 6) is 0.526. The molecule has 5 aromatic rings. The molecule has 0 aliphatic carbocycles. The van der Waals surface area contributed by atoms with E-state index in [-0.39, 0.29) is 6.10 Å². The minimum Gasteiger partial charge on any atom is -0.485 e. The van der Waals surface area contributed by atoms with Crippen LogP contribution in [0.2, 0.25) is 0 Å². The minimum absolute atomic E-state index is 0.317. The van der Waals surface area contributed by atoms with Crippen LogP contribution in [0.1, 0.15) is 25.8 Å². The number of hydrogen-bond acceptors (Lipinski definition) is 7. The number of carboxylic acid groups (broad SMARTS) is 2. The molecule has 0 spiro atoms. The molecule has 10 heteroatoms. The fourth-order valence-corrected chi connectivity index (χ4v) is 3.66. The van der Waals surface area contributed by atoms with E-state index in [9.17, 15) is 0 Å². The third-order valence-electron chi connectivity index (χ3n) is 5.15. The quantitative estimate of drug-likeness (QED) is 0.309. The summed E-state index contributed by atoms with van der Waals surface area (Å²) in [5, 5.41) is 17.1. The number of pyridine rings is 2. The topological polar surface area (TPSA) is 148 Å². The van der Waals surface area contributed by atoms with Crippen LogP contribution in [0.25, 0.3) is 33.1 Å². The highest BCUT2D eigenvalue weighted by molar-refractivity contribution is 5.86. The maximum atomic E-state index is 9.00. The van der Waals surface area contributed by atoms with E-state index >= 15 is 0 Å². The number of rotatable bonds is 2. The van der Waals surface area contributed by atoms with E-state index in [1.807, 2.05) is 48.7 Å². The van der Waals surface area contributed by atoms with Crippen molar-refractivity contribution in [1.82, 2.24) is 19.9 Å².